The van der Waals surface area contributed by atoms with Gasteiger partial charge in [-0.1, -0.05) is 0 Å². The zero-order valence-electron chi connectivity index (χ0n) is 10.4. The molecule has 5 nitrogen and oxygen atoms in total. The molecule has 1 aliphatic rings. The molecule has 1 fully saturated rings. The third-order valence-corrected chi connectivity index (χ3v) is 3.92. The lowest BCUT2D eigenvalue weighted by atomic mass is 10.1. The van der Waals surface area contributed by atoms with Crippen LogP contribution in [0.4, 0.5) is 0 Å². The average molecular weight is 328 g/mol. The van der Waals surface area contributed by atoms with E-state index in [9.17, 15) is 9.59 Å². The summed E-state index contributed by atoms with van der Waals surface area (Å²) in [6, 6.07) is 5.15. The first-order chi connectivity index (χ1) is 9.02. The quantitative estimate of drug-likeness (QED) is 0.922. The average Bonchev–Trinajstić information content (AvgIpc) is 2.88. The van der Waals surface area contributed by atoms with Gasteiger partial charge in [-0.3, -0.25) is 9.59 Å². The second-order valence-corrected chi connectivity index (χ2v) is 5.28. The number of hydrogen-bond donors (Lipinski definition) is 1. The molecule has 0 bridgehead atoms. The Morgan fingerprint density at radius 3 is 2.79 bits per heavy atom. The lowest BCUT2D eigenvalue weighted by molar-refractivity contribution is -0.141. The number of methoxy groups -OCH3 is 1. The van der Waals surface area contributed by atoms with Gasteiger partial charge in [0.1, 0.15) is 5.75 Å². The van der Waals surface area contributed by atoms with E-state index in [4.69, 9.17) is 9.84 Å². The summed E-state index contributed by atoms with van der Waals surface area (Å²) in [5.74, 6) is -0.886. The molecule has 1 aromatic carbocycles. The third kappa shape index (κ3) is 2.89. The zero-order valence-corrected chi connectivity index (χ0v) is 12.0. The van der Waals surface area contributed by atoms with Crippen molar-refractivity contribution < 1.29 is 19.4 Å². The number of amides is 1. The van der Waals surface area contributed by atoms with E-state index in [1.165, 1.54) is 7.11 Å². The molecule has 0 aliphatic carbocycles. The van der Waals surface area contributed by atoms with E-state index >= 15 is 0 Å². The topological polar surface area (TPSA) is 66.8 Å². The van der Waals surface area contributed by atoms with Crippen LogP contribution in [-0.4, -0.2) is 42.1 Å². The first kappa shape index (κ1) is 13.9. The van der Waals surface area contributed by atoms with Crippen molar-refractivity contribution in [3.05, 3.63) is 28.2 Å². The third-order valence-electron chi connectivity index (χ3n) is 3.23. The summed E-state index contributed by atoms with van der Waals surface area (Å²) in [7, 11) is 1.54. The molecule has 19 heavy (non-hydrogen) atoms. The highest BCUT2D eigenvalue weighted by molar-refractivity contribution is 9.10. The lowest BCUT2D eigenvalue weighted by Gasteiger charge is -2.17. The summed E-state index contributed by atoms with van der Waals surface area (Å²) in [4.78, 5) is 24.8. The SMILES string of the molecule is COc1ccc(Br)c(C(=O)N2CCC(C(=O)O)C2)c1. The van der Waals surface area contributed by atoms with Crippen molar-refractivity contribution in [2.45, 2.75) is 6.42 Å². The number of benzene rings is 1. The van der Waals surface area contributed by atoms with Crippen LogP contribution in [0.1, 0.15) is 16.8 Å². The largest absolute Gasteiger partial charge is 0.497 e. The molecule has 2 rings (SSSR count). The van der Waals surface area contributed by atoms with Gasteiger partial charge in [-0.05, 0) is 40.5 Å². The number of ether oxygens (including phenoxy) is 1. The molecule has 102 valence electrons. The molecule has 1 aromatic rings. The maximum atomic E-state index is 12.4. The number of nitrogens with zero attached hydrogens (tertiary/aromatic N) is 1. The van der Waals surface area contributed by atoms with Crippen LogP contribution in [-0.2, 0) is 4.79 Å². The van der Waals surface area contributed by atoms with Gasteiger partial charge in [0, 0.05) is 17.6 Å². The molecular formula is C13H14BrNO4. The molecule has 1 unspecified atom stereocenters. The zero-order chi connectivity index (χ0) is 14.0. The molecule has 1 aliphatic heterocycles. The molecule has 1 atom stereocenters. The van der Waals surface area contributed by atoms with Crippen LogP contribution in [0.5, 0.6) is 5.75 Å². The van der Waals surface area contributed by atoms with Crippen molar-refractivity contribution >= 4 is 27.8 Å². The number of aliphatic carboxylic acids is 1. The molecule has 0 radical (unpaired) electrons. The number of likely N-dealkylation sites (tertiary alicyclic amines) is 1. The molecule has 6 heteroatoms. The van der Waals surface area contributed by atoms with Gasteiger partial charge in [-0.2, -0.15) is 0 Å². The summed E-state index contributed by atoms with van der Waals surface area (Å²) < 4.78 is 5.77. The first-order valence-electron chi connectivity index (χ1n) is 5.88. The molecule has 0 aromatic heterocycles. The van der Waals surface area contributed by atoms with E-state index < -0.39 is 11.9 Å². The van der Waals surface area contributed by atoms with Gasteiger partial charge in [0.25, 0.3) is 5.91 Å². The minimum atomic E-state index is -0.847. The molecule has 1 heterocycles. The Morgan fingerprint density at radius 1 is 1.47 bits per heavy atom. The Bertz CT molecular complexity index is 517. The number of rotatable bonds is 3. The normalized spacial score (nSPS) is 18.4. The number of carbonyl (C=O) groups excluding carboxylic acids is 1. The van der Waals surface area contributed by atoms with Crippen molar-refractivity contribution in [1.82, 2.24) is 4.90 Å². The van der Waals surface area contributed by atoms with Crippen LogP contribution in [0, 0.1) is 5.92 Å². The van der Waals surface area contributed by atoms with E-state index in [2.05, 4.69) is 15.9 Å². The molecule has 1 amide bonds. The van der Waals surface area contributed by atoms with Crippen molar-refractivity contribution in [3.8, 4) is 5.75 Å². The second-order valence-electron chi connectivity index (χ2n) is 4.42. The standard InChI is InChI=1S/C13H14BrNO4/c1-19-9-2-3-11(14)10(6-9)12(16)15-5-4-8(7-15)13(17)18/h2-3,6,8H,4-5,7H2,1H3,(H,17,18). The van der Waals surface area contributed by atoms with Crippen molar-refractivity contribution in [3.63, 3.8) is 0 Å². The maximum absolute atomic E-state index is 12.4. The summed E-state index contributed by atoms with van der Waals surface area (Å²) in [5.41, 5.74) is 0.491. The highest BCUT2D eigenvalue weighted by atomic mass is 79.9. The number of halogens is 1. The Hall–Kier alpha value is -1.56. The van der Waals surface area contributed by atoms with Crippen LogP contribution in [0.25, 0.3) is 0 Å². The Morgan fingerprint density at radius 2 is 2.21 bits per heavy atom. The van der Waals surface area contributed by atoms with E-state index in [0.29, 0.717) is 28.8 Å². The second kappa shape index (κ2) is 5.61. The number of carboxylic acids is 1. The first-order valence-corrected chi connectivity index (χ1v) is 6.68. The number of carboxylic acid groups (broad SMARTS) is 1. The maximum Gasteiger partial charge on any atom is 0.308 e. The lowest BCUT2D eigenvalue weighted by Crippen LogP contribution is -2.30. The van der Waals surface area contributed by atoms with Crippen LogP contribution in [0.3, 0.4) is 0 Å². The molecule has 0 saturated carbocycles. The summed E-state index contributed by atoms with van der Waals surface area (Å²) in [5, 5.41) is 8.95. The summed E-state index contributed by atoms with van der Waals surface area (Å²) in [6.45, 7) is 0.733. The highest BCUT2D eigenvalue weighted by Gasteiger charge is 2.31. The fourth-order valence-corrected chi connectivity index (χ4v) is 2.53. The van der Waals surface area contributed by atoms with Gasteiger partial charge >= 0.3 is 5.97 Å². The summed E-state index contributed by atoms with van der Waals surface area (Å²) in [6.07, 6.45) is 0.503. The Labute approximate surface area is 119 Å². The molecule has 1 N–H and O–H groups in total. The highest BCUT2D eigenvalue weighted by Crippen LogP contribution is 2.26. The predicted molar refractivity (Wildman–Crippen MR) is 72.3 cm³/mol. The van der Waals surface area contributed by atoms with Gasteiger partial charge < -0.3 is 14.7 Å². The predicted octanol–water partition coefficient (Wildman–Crippen LogP) is 2.00. The van der Waals surface area contributed by atoms with Crippen LogP contribution in [0.2, 0.25) is 0 Å². The van der Waals surface area contributed by atoms with Gasteiger partial charge in [-0.15, -0.1) is 0 Å². The van der Waals surface area contributed by atoms with Crippen LogP contribution < -0.4 is 4.74 Å². The van der Waals surface area contributed by atoms with E-state index in [1.807, 2.05) is 0 Å². The number of carbonyl (C=O) groups is 2. The van der Waals surface area contributed by atoms with E-state index in [0.717, 1.165) is 0 Å². The minimum absolute atomic E-state index is 0.172. The van der Waals surface area contributed by atoms with Gasteiger partial charge in [-0.25, -0.2) is 0 Å². The van der Waals surface area contributed by atoms with Crippen LogP contribution >= 0.6 is 15.9 Å². The smallest absolute Gasteiger partial charge is 0.308 e. The summed E-state index contributed by atoms with van der Waals surface area (Å²) >= 11 is 3.33. The minimum Gasteiger partial charge on any atom is -0.497 e. The van der Waals surface area contributed by atoms with Gasteiger partial charge in [0.05, 0.1) is 18.6 Å². The Balaban J connectivity index is 2.18. The van der Waals surface area contributed by atoms with Crippen molar-refractivity contribution in [2.24, 2.45) is 5.92 Å². The van der Waals surface area contributed by atoms with E-state index in [1.54, 1.807) is 23.1 Å². The van der Waals surface area contributed by atoms with Gasteiger partial charge in [0.15, 0.2) is 0 Å². The van der Waals surface area contributed by atoms with Gasteiger partial charge in [0.2, 0.25) is 0 Å². The number of hydrogen-bond acceptors (Lipinski definition) is 3. The fraction of sp³-hybridized carbons (Fsp3) is 0.385. The molecular weight excluding hydrogens is 314 g/mol. The Kier molecular flexibility index (Phi) is 4.09. The molecule has 0 spiro atoms. The van der Waals surface area contributed by atoms with E-state index in [-0.39, 0.29) is 12.5 Å². The monoisotopic (exact) mass is 327 g/mol. The molecule has 1 saturated heterocycles. The van der Waals surface area contributed by atoms with Crippen LogP contribution in [0.15, 0.2) is 22.7 Å². The fourth-order valence-electron chi connectivity index (χ4n) is 2.11. The van der Waals surface area contributed by atoms with Crippen molar-refractivity contribution in [2.75, 3.05) is 20.2 Å². The van der Waals surface area contributed by atoms with Crippen molar-refractivity contribution in [1.29, 1.82) is 0 Å².